The van der Waals surface area contributed by atoms with Crippen LogP contribution in [0.1, 0.15) is 24.2 Å². The predicted molar refractivity (Wildman–Crippen MR) is 70.7 cm³/mol. The van der Waals surface area contributed by atoms with Gasteiger partial charge in [0.2, 0.25) is 0 Å². The second kappa shape index (κ2) is 6.52. The van der Waals surface area contributed by atoms with Crippen molar-refractivity contribution >= 4 is 0 Å². The molecule has 2 nitrogen and oxygen atoms in total. The van der Waals surface area contributed by atoms with Crippen LogP contribution < -0.4 is 5.32 Å². The summed E-state index contributed by atoms with van der Waals surface area (Å²) in [5.41, 5.74) is 0.556. The number of likely N-dealkylation sites (N-methyl/N-ethyl adjacent to an activating group) is 1. The summed E-state index contributed by atoms with van der Waals surface area (Å²) in [5, 5.41) is 3.10. The van der Waals surface area contributed by atoms with Gasteiger partial charge in [0.15, 0.2) is 0 Å². The van der Waals surface area contributed by atoms with Gasteiger partial charge in [0.05, 0.1) is 17.9 Å². The molecule has 0 fully saturated rings. The van der Waals surface area contributed by atoms with Crippen LogP contribution in [-0.2, 0) is 6.42 Å². The number of nitrogens with one attached hydrogen (secondary N) is 1. The maximum atomic E-state index is 13.7. The highest BCUT2D eigenvalue weighted by molar-refractivity contribution is 5.23. The van der Waals surface area contributed by atoms with Crippen LogP contribution in [0.3, 0.4) is 0 Å². The first-order chi connectivity index (χ1) is 9.61. The molecular formula is C15H15F3N2. The highest BCUT2D eigenvalue weighted by Gasteiger charge is 2.17. The van der Waals surface area contributed by atoms with Crippen LogP contribution in [0.25, 0.3) is 0 Å². The second-order valence-electron chi connectivity index (χ2n) is 4.42. The Labute approximate surface area is 115 Å². The fourth-order valence-electron chi connectivity index (χ4n) is 2.05. The molecule has 1 unspecified atom stereocenters. The number of nitrogens with zero attached hydrogens (tertiary/aromatic N) is 1. The fourth-order valence-corrected chi connectivity index (χ4v) is 2.05. The lowest BCUT2D eigenvalue weighted by Gasteiger charge is -2.18. The number of halogens is 3. The van der Waals surface area contributed by atoms with E-state index in [2.05, 4.69) is 10.3 Å². The van der Waals surface area contributed by atoms with E-state index in [-0.39, 0.29) is 18.0 Å². The Morgan fingerprint density at radius 3 is 2.35 bits per heavy atom. The van der Waals surface area contributed by atoms with Crippen molar-refractivity contribution in [2.45, 2.75) is 19.4 Å². The molecule has 0 saturated heterocycles. The molecule has 1 N–H and O–H groups in total. The van der Waals surface area contributed by atoms with E-state index < -0.39 is 17.5 Å². The molecule has 0 amide bonds. The minimum atomic E-state index is -0.588. The summed E-state index contributed by atoms with van der Waals surface area (Å²) in [4.78, 5) is 3.97. The first kappa shape index (κ1) is 14.5. The molecule has 2 rings (SSSR count). The minimum absolute atomic E-state index is 0.00424. The molecule has 0 saturated carbocycles. The van der Waals surface area contributed by atoms with Crippen LogP contribution in [-0.4, -0.2) is 11.5 Å². The van der Waals surface area contributed by atoms with E-state index in [0.29, 0.717) is 12.2 Å². The lowest BCUT2D eigenvalue weighted by atomic mass is 10.0. The van der Waals surface area contributed by atoms with Crippen molar-refractivity contribution in [3.8, 4) is 0 Å². The summed E-state index contributed by atoms with van der Waals surface area (Å²) in [6.45, 7) is 2.49. The number of benzene rings is 1. The third-order valence-corrected chi connectivity index (χ3v) is 3.03. The summed E-state index contributed by atoms with van der Waals surface area (Å²) in [6, 6.07) is 6.20. The van der Waals surface area contributed by atoms with Crippen molar-refractivity contribution in [2.75, 3.05) is 6.54 Å². The summed E-state index contributed by atoms with van der Waals surface area (Å²) in [5.74, 6) is -1.62. The standard InChI is InChI=1S/C15H15F3N2/c1-2-19-15(14-7-6-10(16)9-20-14)8-11-12(17)4-3-5-13(11)18/h3-7,9,15,19H,2,8H2,1H3. The zero-order valence-corrected chi connectivity index (χ0v) is 11.0. The Kier molecular flexibility index (Phi) is 4.74. The summed E-state index contributed by atoms with van der Waals surface area (Å²) >= 11 is 0. The molecule has 0 spiro atoms. The van der Waals surface area contributed by atoms with Gasteiger partial charge in [-0.05, 0) is 37.2 Å². The van der Waals surface area contributed by atoms with E-state index in [4.69, 9.17) is 0 Å². The molecule has 20 heavy (non-hydrogen) atoms. The first-order valence-corrected chi connectivity index (χ1v) is 6.39. The smallest absolute Gasteiger partial charge is 0.141 e. The van der Waals surface area contributed by atoms with E-state index >= 15 is 0 Å². The molecule has 0 aliphatic heterocycles. The van der Waals surface area contributed by atoms with E-state index in [1.807, 2.05) is 6.92 Å². The van der Waals surface area contributed by atoms with E-state index in [1.54, 1.807) is 0 Å². The van der Waals surface area contributed by atoms with Crippen molar-refractivity contribution in [1.82, 2.24) is 10.3 Å². The lowest BCUT2D eigenvalue weighted by molar-refractivity contribution is 0.491. The topological polar surface area (TPSA) is 24.9 Å². The molecule has 1 atom stereocenters. The van der Waals surface area contributed by atoms with E-state index in [1.165, 1.54) is 30.3 Å². The zero-order valence-electron chi connectivity index (χ0n) is 11.0. The van der Waals surface area contributed by atoms with E-state index in [9.17, 15) is 13.2 Å². The maximum Gasteiger partial charge on any atom is 0.141 e. The van der Waals surface area contributed by atoms with Gasteiger partial charge in [0, 0.05) is 5.56 Å². The monoisotopic (exact) mass is 280 g/mol. The molecule has 2 aromatic rings. The largest absolute Gasteiger partial charge is 0.309 e. The number of hydrogen-bond donors (Lipinski definition) is 1. The fraction of sp³-hybridized carbons (Fsp3) is 0.267. The van der Waals surface area contributed by atoms with Crippen LogP contribution in [0.4, 0.5) is 13.2 Å². The van der Waals surface area contributed by atoms with Crippen molar-refractivity contribution in [2.24, 2.45) is 0 Å². The molecule has 0 bridgehead atoms. The highest BCUT2D eigenvalue weighted by Crippen LogP contribution is 2.21. The second-order valence-corrected chi connectivity index (χ2v) is 4.42. The number of aromatic nitrogens is 1. The molecule has 1 aromatic carbocycles. The summed E-state index contributed by atoms with van der Waals surface area (Å²) in [6.07, 6.45) is 1.21. The zero-order chi connectivity index (χ0) is 14.5. The van der Waals surface area contributed by atoms with Crippen LogP contribution in [0.5, 0.6) is 0 Å². The van der Waals surface area contributed by atoms with Crippen molar-refractivity contribution in [1.29, 1.82) is 0 Å². The van der Waals surface area contributed by atoms with Gasteiger partial charge in [-0.25, -0.2) is 13.2 Å². The van der Waals surface area contributed by atoms with Gasteiger partial charge in [0.25, 0.3) is 0 Å². The number of rotatable bonds is 5. The van der Waals surface area contributed by atoms with Gasteiger partial charge in [-0.15, -0.1) is 0 Å². The van der Waals surface area contributed by atoms with Gasteiger partial charge in [-0.2, -0.15) is 0 Å². The molecule has 1 heterocycles. The average Bonchev–Trinajstić information content (AvgIpc) is 2.43. The number of hydrogen-bond acceptors (Lipinski definition) is 2. The SMILES string of the molecule is CCNC(Cc1c(F)cccc1F)c1ccc(F)cn1. The van der Waals surface area contributed by atoms with Crippen LogP contribution in [0, 0.1) is 17.5 Å². The van der Waals surface area contributed by atoms with Crippen LogP contribution in [0.15, 0.2) is 36.5 Å². The average molecular weight is 280 g/mol. The predicted octanol–water partition coefficient (Wildman–Crippen LogP) is 3.39. The van der Waals surface area contributed by atoms with Crippen molar-refractivity contribution in [3.63, 3.8) is 0 Å². The molecular weight excluding hydrogens is 265 g/mol. The lowest BCUT2D eigenvalue weighted by Crippen LogP contribution is -2.24. The molecule has 106 valence electrons. The highest BCUT2D eigenvalue weighted by atomic mass is 19.1. The van der Waals surface area contributed by atoms with Gasteiger partial charge in [0.1, 0.15) is 17.5 Å². The third-order valence-electron chi connectivity index (χ3n) is 3.03. The van der Waals surface area contributed by atoms with E-state index in [0.717, 1.165) is 6.20 Å². The van der Waals surface area contributed by atoms with Gasteiger partial charge < -0.3 is 5.32 Å². The normalized spacial score (nSPS) is 12.4. The molecule has 5 heteroatoms. The first-order valence-electron chi connectivity index (χ1n) is 6.39. The Bertz CT molecular complexity index is 550. The Hall–Kier alpha value is -1.88. The van der Waals surface area contributed by atoms with Crippen LogP contribution >= 0.6 is 0 Å². The minimum Gasteiger partial charge on any atom is -0.309 e. The Balaban J connectivity index is 2.28. The van der Waals surface area contributed by atoms with Crippen LogP contribution in [0.2, 0.25) is 0 Å². The Morgan fingerprint density at radius 2 is 1.80 bits per heavy atom. The number of pyridine rings is 1. The molecule has 0 radical (unpaired) electrons. The van der Waals surface area contributed by atoms with Gasteiger partial charge in [-0.3, -0.25) is 4.98 Å². The summed E-state index contributed by atoms with van der Waals surface area (Å²) < 4.78 is 40.3. The molecule has 0 aliphatic rings. The third kappa shape index (κ3) is 3.36. The quantitative estimate of drug-likeness (QED) is 0.908. The van der Waals surface area contributed by atoms with Gasteiger partial charge in [-0.1, -0.05) is 13.0 Å². The van der Waals surface area contributed by atoms with Crippen molar-refractivity contribution in [3.05, 3.63) is 65.2 Å². The van der Waals surface area contributed by atoms with Gasteiger partial charge >= 0.3 is 0 Å². The van der Waals surface area contributed by atoms with Crippen molar-refractivity contribution < 1.29 is 13.2 Å². The maximum absolute atomic E-state index is 13.7. The summed E-state index contributed by atoms with van der Waals surface area (Å²) in [7, 11) is 0. The molecule has 1 aromatic heterocycles. The Morgan fingerprint density at radius 1 is 1.10 bits per heavy atom. The molecule has 0 aliphatic carbocycles.